The van der Waals surface area contributed by atoms with Crippen molar-refractivity contribution in [3.05, 3.63) is 45.1 Å². The summed E-state index contributed by atoms with van der Waals surface area (Å²) in [5, 5.41) is 15.1. The Morgan fingerprint density at radius 3 is 2.93 bits per heavy atom. The number of nitro groups is 1. The molecule has 0 aromatic heterocycles. The van der Waals surface area contributed by atoms with Gasteiger partial charge in [0, 0.05) is 28.3 Å². The summed E-state index contributed by atoms with van der Waals surface area (Å²) in [5.41, 5.74) is 1.75. The molecular weight excluding hydrogens is 386 g/mol. The number of benzene rings is 1. The van der Waals surface area contributed by atoms with Crippen LogP contribution in [0.5, 0.6) is 0 Å². The zero-order chi connectivity index (χ0) is 19.4. The monoisotopic (exact) mass is 407 g/mol. The molecule has 1 N–H and O–H groups in total. The molecule has 0 bridgehead atoms. The van der Waals surface area contributed by atoms with Crippen LogP contribution in [0.15, 0.2) is 39.4 Å². The van der Waals surface area contributed by atoms with Crippen molar-refractivity contribution in [3.63, 3.8) is 0 Å². The molecule has 3 rings (SSSR count). The summed E-state index contributed by atoms with van der Waals surface area (Å²) >= 11 is 3.09. The Bertz CT molecular complexity index is 823. The SMILES string of the molecule is CSC1=NC2C(=C(C)N1)C(=O)OCCCCCSc1ccc([N+](=O)[O-])cc12. The number of carbonyl (C=O) groups is 1. The summed E-state index contributed by atoms with van der Waals surface area (Å²) in [6.07, 6.45) is 4.67. The number of nitrogens with one attached hydrogen (secondary N) is 1. The molecule has 0 fully saturated rings. The zero-order valence-electron chi connectivity index (χ0n) is 15.2. The van der Waals surface area contributed by atoms with Gasteiger partial charge in [-0.15, -0.1) is 11.8 Å². The van der Waals surface area contributed by atoms with Gasteiger partial charge in [-0.05, 0) is 44.3 Å². The molecule has 0 amide bonds. The fourth-order valence-electron chi connectivity index (χ4n) is 3.04. The van der Waals surface area contributed by atoms with Gasteiger partial charge in [0.25, 0.3) is 5.69 Å². The Kier molecular flexibility index (Phi) is 6.43. The predicted molar refractivity (Wildman–Crippen MR) is 108 cm³/mol. The summed E-state index contributed by atoms with van der Waals surface area (Å²) in [7, 11) is 0. The van der Waals surface area contributed by atoms with Crippen LogP contribution in [0.3, 0.4) is 0 Å². The highest BCUT2D eigenvalue weighted by Crippen LogP contribution is 2.40. The molecule has 1 aromatic carbocycles. The summed E-state index contributed by atoms with van der Waals surface area (Å²) < 4.78 is 5.46. The molecule has 9 heteroatoms. The van der Waals surface area contributed by atoms with Gasteiger partial charge in [-0.2, -0.15) is 0 Å². The lowest BCUT2D eigenvalue weighted by molar-refractivity contribution is -0.385. The molecule has 1 unspecified atom stereocenters. The van der Waals surface area contributed by atoms with Crippen molar-refractivity contribution in [1.82, 2.24) is 5.32 Å². The summed E-state index contributed by atoms with van der Waals surface area (Å²) in [4.78, 5) is 29.2. The highest BCUT2D eigenvalue weighted by Gasteiger charge is 2.33. The van der Waals surface area contributed by atoms with E-state index in [0.29, 0.717) is 28.6 Å². The van der Waals surface area contributed by atoms with E-state index in [9.17, 15) is 14.9 Å². The molecule has 2 heterocycles. The zero-order valence-corrected chi connectivity index (χ0v) is 16.8. The number of non-ortho nitro benzene ring substituents is 1. The lowest BCUT2D eigenvalue weighted by atomic mass is 9.96. The van der Waals surface area contributed by atoms with Crippen LogP contribution in [-0.4, -0.2) is 34.7 Å². The first-order valence-electron chi connectivity index (χ1n) is 8.69. The van der Waals surface area contributed by atoms with Gasteiger partial charge in [0.2, 0.25) is 0 Å². The molecule has 27 heavy (non-hydrogen) atoms. The van der Waals surface area contributed by atoms with Gasteiger partial charge >= 0.3 is 5.97 Å². The number of nitrogens with zero attached hydrogens (tertiary/aromatic N) is 2. The molecular formula is C18H21N3O4S2. The minimum atomic E-state index is -0.622. The minimum Gasteiger partial charge on any atom is -0.462 e. The average Bonchev–Trinajstić information content (AvgIpc) is 2.65. The van der Waals surface area contributed by atoms with Crippen molar-refractivity contribution in [3.8, 4) is 0 Å². The van der Waals surface area contributed by atoms with Gasteiger partial charge in [-0.25, -0.2) is 9.79 Å². The molecule has 2 aliphatic heterocycles. The fraction of sp³-hybridized carbons (Fsp3) is 0.444. The number of hydrogen-bond donors (Lipinski definition) is 1. The van der Waals surface area contributed by atoms with E-state index in [4.69, 9.17) is 4.74 Å². The van der Waals surface area contributed by atoms with Crippen LogP contribution < -0.4 is 5.32 Å². The van der Waals surface area contributed by atoms with Crippen molar-refractivity contribution in [2.45, 2.75) is 37.1 Å². The van der Waals surface area contributed by atoms with Gasteiger partial charge in [0.1, 0.15) is 6.04 Å². The molecule has 1 aromatic rings. The van der Waals surface area contributed by atoms with Gasteiger partial charge in [0.15, 0.2) is 5.17 Å². The highest BCUT2D eigenvalue weighted by molar-refractivity contribution is 8.13. The predicted octanol–water partition coefficient (Wildman–Crippen LogP) is 4.05. The Balaban J connectivity index is 2.16. The molecule has 0 spiro atoms. The molecule has 0 radical (unpaired) electrons. The van der Waals surface area contributed by atoms with Crippen LogP contribution in [0.1, 0.15) is 37.8 Å². The number of thioether (sulfide) groups is 2. The van der Waals surface area contributed by atoms with E-state index in [2.05, 4.69) is 10.3 Å². The van der Waals surface area contributed by atoms with Gasteiger partial charge in [-0.3, -0.25) is 10.1 Å². The van der Waals surface area contributed by atoms with Crippen molar-refractivity contribution in [2.75, 3.05) is 18.6 Å². The number of carbonyl (C=O) groups excluding carboxylic acids is 1. The Labute approximate surface area is 166 Å². The molecule has 0 saturated carbocycles. The average molecular weight is 408 g/mol. The van der Waals surface area contributed by atoms with Crippen molar-refractivity contribution < 1.29 is 14.5 Å². The smallest absolute Gasteiger partial charge is 0.338 e. The first-order valence-corrected chi connectivity index (χ1v) is 10.9. The standard InChI is InChI=1S/C18H21N3O4S2/c1-11-15-16(20-18(19-11)26-2)13-10-12(21(23)24)6-7-14(13)27-9-5-3-4-8-25-17(15)22/h6-7,10,16H,3-5,8-9H2,1-2H3,(H,19,20). The quantitative estimate of drug-likeness (QED) is 0.426. The Morgan fingerprint density at radius 1 is 1.37 bits per heavy atom. The fourth-order valence-corrected chi connectivity index (χ4v) is 4.58. The van der Waals surface area contributed by atoms with Crippen LogP contribution >= 0.6 is 23.5 Å². The molecule has 2 aliphatic rings. The minimum absolute atomic E-state index is 0.00810. The number of allylic oxidation sites excluding steroid dienone is 1. The summed E-state index contributed by atoms with van der Waals surface area (Å²) in [5.74, 6) is 0.484. The number of fused-ring (bicyclic) bond motifs is 3. The Hall–Kier alpha value is -2.00. The molecule has 1 atom stereocenters. The lowest BCUT2D eigenvalue weighted by Gasteiger charge is -2.27. The third kappa shape index (κ3) is 4.47. The number of nitro benzene ring substituents is 1. The number of esters is 1. The van der Waals surface area contributed by atoms with Crippen LogP contribution in [0.25, 0.3) is 0 Å². The van der Waals surface area contributed by atoms with Crippen LogP contribution in [-0.2, 0) is 9.53 Å². The van der Waals surface area contributed by atoms with Gasteiger partial charge in [0.05, 0.1) is 17.1 Å². The third-order valence-electron chi connectivity index (χ3n) is 4.41. The van der Waals surface area contributed by atoms with E-state index in [1.807, 2.05) is 13.2 Å². The second-order valence-corrected chi connectivity index (χ2v) is 8.16. The van der Waals surface area contributed by atoms with E-state index in [1.165, 1.54) is 23.9 Å². The van der Waals surface area contributed by atoms with Crippen LogP contribution in [0.2, 0.25) is 0 Å². The number of amidine groups is 1. The van der Waals surface area contributed by atoms with E-state index in [-0.39, 0.29) is 5.69 Å². The topological polar surface area (TPSA) is 93.8 Å². The number of cyclic esters (lactones) is 1. The van der Waals surface area contributed by atoms with E-state index in [0.717, 1.165) is 29.9 Å². The second-order valence-electron chi connectivity index (χ2n) is 6.23. The number of aliphatic imine (C=N–C) groups is 1. The largest absolute Gasteiger partial charge is 0.462 e. The molecule has 7 nitrogen and oxygen atoms in total. The van der Waals surface area contributed by atoms with Crippen molar-refractivity contribution in [1.29, 1.82) is 0 Å². The highest BCUT2D eigenvalue weighted by atomic mass is 32.2. The maximum Gasteiger partial charge on any atom is 0.338 e. The summed E-state index contributed by atoms with van der Waals surface area (Å²) in [6, 6.07) is 4.18. The van der Waals surface area contributed by atoms with Crippen LogP contribution in [0.4, 0.5) is 5.69 Å². The second kappa shape index (κ2) is 8.79. The van der Waals surface area contributed by atoms with Crippen LogP contribution in [0, 0.1) is 10.1 Å². The van der Waals surface area contributed by atoms with E-state index >= 15 is 0 Å². The normalized spacial score (nSPS) is 20.9. The van der Waals surface area contributed by atoms with E-state index in [1.54, 1.807) is 17.8 Å². The molecule has 0 aliphatic carbocycles. The molecule has 0 saturated heterocycles. The molecule has 144 valence electrons. The summed E-state index contributed by atoms with van der Waals surface area (Å²) in [6.45, 7) is 2.18. The third-order valence-corrected chi connectivity index (χ3v) is 6.18. The maximum absolute atomic E-state index is 12.8. The first-order chi connectivity index (χ1) is 13.0. The van der Waals surface area contributed by atoms with E-state index < -0.39 is 16.9 Å². The maximum atomic E-state index is 12.8. The first kappa shape index (κ1) is 19.8. The number of rotatable bonds is 1. The van der Waals surface area contributed by atoms with Gasteiger partial charge in [-0.1, -0.05) is 11.8 Å². The van der Waals surface area contributed by atoms with Crippen molar-refractivity contribution in [2.24, 2.45) is 4.99 Å². The lowest BCUT2D eigenvalue weighted by Crippen LogP contribution is -2.30. The van der Waals surface area contributed by atoms with Gasteiger partial charge < -0.3 is 10.1 Å². The number of ether oxygens (including phenoxy) is 1. The Morgan fingerprint density at radius 2 is 2.19 bits per heavy atom. The number of hydrogen-bond acceptors (Lipinski definition) is 8. The van der Waals surface area contributed by atoms with Crippen molar-refractivity contribution >= 4 is 40.3 Å².